The minimum atomic E-state index is -0.189. The van der Waals surface area contributed by atoms with Gasteiger partial charge in [-0.3, -0.25) is 0 Å². The van der Waals surface area contributed by atoms with Crippen molar-refractivity contribution in [3.05, 3.63) is 47.5 Å². The van der Waals surface area contributed by atoms with Gasteiger partial charge in [0.1, 0.15) is 6.10 Å². The maximum Gasteiger partial charge on any atom is 0.338 e. The predicted octanol–water partition coefficient (Wildman–Crippen LogP) is 8.22. The van der Waals surface area contributed by atoms with E-state index in [0.717, 1.165) is 38.0 Å². The molecule has 0 aromatic heterocycles. The molecule has 4 aliphatic carbocycles. The van der Waals surface area contributed by atoms with Crippen molar-refractivity contribution in [2.24, 2.45) is 46.3 Å². The summed E-state index contributed by atoms with van der Waals surface area (Å²) in [4.78, 5) is 12.7. The number of hydrogen-bond donors (Lipinski definition) is 1. The Morgan fingerprint density at radius 2 is 1.81 bits per heavy atom. The maximum absolute atomic E-state index is 12.7. The van der Waals surface area contributed by atoms with Gasteiger partial charge in [0.05, 0.1) is 11.7 Å². The molecule has 0 amide bonds. The molecule has 5 rings (SSSR count). The molecule has 0 heterocycles. The van der Waals surface area contributed by atoms with E-state index in [0.29, 0.717) is 35.2 Å². The third-order valence-corrected chi connectivity index (χ3v) is 11.5. The summed E-state index contributed by atoms with van der Waals surface area (Å²) in [5.74, 6) is 3.61. The lowest BCUT2D eigenvalue weighted by molar-refractivity contribution is -0.0637. The van der Waals surface area contributed by atoms with Gasteiger partial charge in [-0.05, 0) is 97.0 Å². The fourth-order valence-corrected chi connectivity index (χ4v) is 9.63. The number of hydrogen-bond acceptors (Lipinski definition) is 3. The van der Waals surface area contributed by atoms with Gasteiger partial charge in [-0.1, -0.05) is 83.7 Å². The normalized spacial score (nSPS) is 39.8. The summed E-state index contributed by atoms with van der Waals surface area (Å²) in [5, 5.41) is 11.4. The first-order chi connectivity index (χ1) is 17.6. The van der Waals surface area contributed by atoms with Crippen molar-refractivity contribution in [2.45, 2.75) is 111 Å². The molecule has 0 bridgehead atoms. The predicted molar refractivity (Wildman–Crippen MR) is 150 cm³/mol. The summed E-state index contributed by atoms with van der Waals surface area (Å²) in [6.07, 6.45) is 13.8. The number of rotatable bonds is 7. The molecule has 0 spiro atoms. The Morgan fingerprint density at radius 1 is 1.05 bits per heavy atom. The summed E-state index contributed by atoms with van der Waals surface area (Å²) in [7, 11) is 0. The monoisotopic (exact) mass is 506 g/mol. The average Bonchev–Trinajstić information content (AvgIpc) is 3.14. The Bertz CT molecular complexity index is 982. The Hall–Kier alpha value is -1.61. The summed E-state index contributed by atoms with van der Waals surface area (Å²) >= 11 is 0. The minimum absolute atomic E-state index is 0.0122. The average molecular weight is 507 g/mol. The van der Waals surface area contributed by atoms with Gasteiger partial charge in [-0.25, -0.2) is 4.79 Å². The number of allylic oxidation sites excluding steroid dienone is 1. The molecule has 9 atom stereocenters. The van der Waals surface area contributed by atoms with Gasteiger partial charge in [0, 0.05) is 6.42 Å². The zero-order valence-electron chi connectivity index (χ0n) is 23.9. The summed E-state index contributed by atoms with van der Waals surface area (Å²) in [6.45, 7) is 12.1. The third-order valence-electron chi connectivity index (χ3n) is 11.5. The molecule has 3 fully saturated rings. The van der Waals surface area contributed by atoms with Crippen LogP contribution in [0.1, 0.15) is 109 Å². The van der Waals surface area contributed by atoms with Crippen molar-refractivity contribution in [1.29, 1.82) is 0 Å². The quantitative estimate of drug-likeness (QED) is 0.299. The van der Waals surface area contributed by atoms with Crippen LogP contribution < -0.4 is 0 Å². The Kier molecular flexibility index (Phi) is 7.66. The molecule has 2 unspecified atom stereocenters. The molecule has 1 N–H and O–H groups in total. The summed E-state index contributed by atoms with van der Waals surface area (Å²) in [5.41, 5.74) is 2.66. The van der Waals surface area contributed by atoms with Gasteiger partial charge in [-0.15, -0.1) is 0 Å². The molecule has 37 heavy (non-hydrogen) atoms. The molecule has 1 aromatic rings. The van der Waals surface area contributed by atoms with E-state index in [1.54, 1.807) is 0 Å². The van der Waals surface area contributed by atoms with Crippen molar-refractivity contribution in [2.75, 3.05) is 0 Å². The number of aliphatic hydroxyl groups is 1. The first-order valence-corrected chi connectivity index (χ1v) is 15.3. The van der Waals surface area contributed by atoms with Crippen LogP contribution in [-0.4, -0.2) is 23.3 Å². The number of fused-ring (bicyclic) bond motifs is 5. The van der Waals surface area contributed by atoms with E-state index in [9.17, 15) is 9.90 Å². The Morgan fingerprint density at radius 3 is 2.54 bits per heavy atom. The van der Waals surface area contributed by atoms with E-state index >= 15 is 0 Å². The molecular formula is C34H50O3. The molecule has 4 aliphatic rings. The van der Waals surface area contributed by atoms with Crippen LogP contribution in [0.5, 0.6) is 0 Å². The fourth-order valence-electron chi connectivity index (χ4n) is 9.63. The minimum Gasteiger partial charge on any atom is -0.458 e. The zero-order valence-corrected chi connectivity index (χ0v) is 23.9. The lowest BCUT2D eigenvalue weighted by Gasteiger charge is -2.58. The van der Waals surface area contributed by atoms with E-state index in [1.165, 1.54) is 37.7 Å². The van der Waals surface area contributed by atoms with Gasteiger partial charge < -0.3 is 9.84 Å². The first-order valence-electron chi connectivity index (χ1n) is 15.3. The molecule has 0 saturated heterocycles. The molecule has 3 heteroatoms. The number of carbonyl (C=O) groups is 1. The highest BCUT2D eigenvalue weighted by atomic mass is 16.5. The molecule has 3 saturated carbocycles. The number of esters is 1. The highest BCUT2D eigenvalue weighted by Crippen LogP contribution is 2.67. The molecule has 1 aromatic carbocycles. The largest absolute Gasteiger partial charge is 0.458 e. The number of ether oxygens (including phenoxy) is 1. The van der Waals surface area contributed by atoms with Gasteiger partial charge >= 0.3 is 5.97 Å². The van der Waals surface area contributed by atoms with Crippen LogP contribution in [0.3, 0.4) is 0 Å². The third kappa shape index (κ3) is 4.95. The number of aliphatic hydroxyl groups excluding tert-OH is 1. The van der Waals surface area contributed by atoms with Crippen molar-refractivity contribution < 1.29 is 14.6 Å². The van der Waals surface area contributed by atoms with Crippen LogP contribution in [0, 0.1) is 46.3 Å². The second kappa shape index (κ2) is 10.5. The highest BCUT2D eigenvalue weighted by molar-refractivity contribution is 5.89. The van der Waals surface area contributed by atoms with Crippen LogP contribution in [0.15, 0.2) is 42.0 Å². The van der Waals surface area contributed by atoms with Crippen molar-refractivity contribution in [1.82, 2.24) is 0 Å². The molecule has 0 radical (unpaired) electrons. The molecule has 0 aliphatic heterocycles. The van der Waals surface area contributed by atoms with Crippen LogP contribution in [0.2, 0.25) is 0 Å². The van der Waals surface area contributed by atoms with E-state index in [4.69, 9.17) is 4.74 Å². The van der Waals surface area contributed by atoms with E-state index in [2.05, 4.69) is 40.7 Å². The van der Waals surface area contributed by atoms with Gasteiger partial charge in [-0.2, -0.15) is 0 Å². The van der Waals surface area contributed by atoms with Crippen LogP contribution in [-0.2, 0) is 4.74 Å². The highest BCUT2D eigenvalue weighted by Gasteiger charge is 2.61. The van der Waals surface area contributed by atoms with Gasteiger partial charge in [0.2, 0.25) is 0 Å². The van der Waals surface area contributed by atoms with E-state index < -0.39 is 0 Å². The lowest BCUT2D eigenvalue weighted by atomic mass is 9.47. The summed E-state index contributed by atoms with van der Waals surface area (Å²) < 4.78 is 5.98. The van der Waals surface area contributed by atoms with Crippen molar-refractivity contribution in [3.63, 3.8) is 0 Å². The topological polar surface area (TPSA) is 46.5 Å². The van der Waals surface area contributed by atoms with Crippen LogP contribution in [0.4, 0.5) is 0 Å². The lowest BCUT2D eigenvalue weighted by Crippen LogP contribution is -2.51. The second-order valence-corrected chi connectivity index (χ2v) is 14.1. The fraction of sp³-hybridized carbons (Fsp3) is 0.735. The molecule has 204 valence electrons. The smallest absolute Gasteiger partial charge is 0.338 e. The summed E-state index contributed by atoms with van der Waals surface area (Å²) in [6, 6.07) is 9.40. The number of carbonyl (C=O) groups excluding carboxylic acids is 1. The Balaban J connectivity index is 1.28. The SMILES string of the molecule is CC(C)CCC[C@@H](C)[C@H]1C(O)C[C@H]2[C@@H]3CC=C4CC(OC(=O)c5ccccc5)CC[C@]4(C)[C@H]3CC[C@]12C. The van der Waals surface area contributed by atoms with Gasteiger partial charge in [0.25, 0.3) is 0 Å². The van der Waals surface area contributed by atoms with Crippen LogP contribution >= 0.6 is 0 Å². The molecular weight excluding hydrogens is 456 g/mol. The van der Waals surface area contributed by atoms with Crippen molar-refractivity contribution in [3.8, 4) is 0 Å². The zero-order chi connectivity index (χ0) is 26.4. The Labute approximate surface area is 225 Å². The van der Waals surface area contributed by atoms with E-state index in [1.807, 2.05) is 30.3 Å². The van der Waals surface area contributed by atoms with Crippen molar-refractivity contribution >= 4 is 5.97 Å². The van der Waals surface area contributed by atoms with E-state index in [-0.39, 0.29) is 29.0 Å². The van der Waals surface area contributed by atoms with Gasteiger partial charge in [0.15, 0.2) is 0 Å². The molecule has 3 nitrogen and oxygen atoms in total. The second-order valence-electron chi connectivity index (χ2n) is 14.1. The first kappa shape index (κ1) is 27.0. The maximum atomic E-state index is 12.7. The van der Waals surface area contributed by atoms with Crippen LogP contribution in [0.25, 0.3) is 0 Å². The standard InChI is InChI=1S/C34H50O3/c1-22(2)10-9-11-23(3)31-30(35)21-29-27-15-14-25-20-26(37-32(36)24-12-7-6-8-13-24)16-18-33(25,4)28(27)17-19-34(29,31)5/h6-8,12-14,22-23,26-31,35H,9-11,15-21H2,1-5H3/t23-,26?,27-,28+,29+,30?,31+,33+,34+/m1/s1. The number of benzene rings is 1.